The van der Waals surface area contributed by atoms with Gasteiger partial charge in [0.2, 0.25) is 0 Å². The highest BCUT2D eigenvalue weighted by Crippen LogP contribution is 2.23. The summed E-state index contributed by atoms with van der Waals surface area (Å²) in [4.78, 5) is 27.6. The van der Waals surface area contributed by atoms with Crippen molar-refractivity contribution in [3.05, 3.63) is 29.8 Å². The Hall–Kier alpha value is -2.12. The monoisotopic (exact) mass is 349 g/mol. The zero-order valence-corrected chi connectivity index (χ0v) is 15.1. The van der Waals surface area contributed by atoms with Crippen LogP contribution in [0, 0.1) is 0 Å². The average molecular weight is 349 g/mol. The number of carbonyl (C=O) groups excluding carboxylic acids is 2. The number of nitrogens with one attached hydrogen (secondary N) is 1. The minimum Gasteiger partial charge on any atom is -0.465 e. The van der Waals surface area contributed by atoms with Crippen LogP contribution in [0.15, 0.2) is 24.3 Å². The first-order valence-electron chi connectivity index (χ1n) is 8.44. The molecule has 7 nitrogen and oxygen atoms in total. The summed E-state index contributed by atoms with van der Waals surface area (Å²) in [5.41, 5.74) is 0.301. The molecule has 0 bridgehead atoms. The minimum atomic E-state index is -0.749. The van der Waals surface area contributed by atoms with E-state index in [-0.39, 0.29) is 6.03 Å². The Labute approximate surface area is 148 Å². The van der Waals surface area contributed by atoms with Gasteiger partial charge in [-0.15, -0.1) is 0 Å². The van der Waals surface area contributed by atoms with Crippen LogP contribution >= 0.6 is 0 Å². The van der Waals surface area contributed by atoms with Crippen molar-refractivity contribution < 1.29 is 19.4 Å². The fraction of sp³-hybridized carbons (Fsp3) is 0.556. The second kappa shape index (κ2) is 8.31. The van der Waals surface area contributed by atoms with Gasteiger partial charge in [-0.2, -0.15) is 0 Å². The molecule has 0 unspecified atom stereocenters. The highest BCUT2D eigenvalue weighted by Gasteiger charge is 2.31. The summed E-state index contributed by atoms with van der Waals surface area (Å²) in [5.74, 6) is -0.412. The fourth-order valence-electron chi connectivity index (χ4n) is 3.14. The van der Waals surface area contributed by atoms with E-state index in [9.17, 15) is 14.7 Å². The molecule has 2 amide bonds. The SMILES string of the molecule is COC(=O)c1ccc(NC(=O)N2CCC[C@](O)(CN(C)C)CC2)cc1. The van der Waals surface area contributed by atoms with Crippen LogP contribution in [0.4, 0.5) is 10.5 Å². The van der Waals surface area contributed by atoms with Crippen molar-refractivity contribution in [2.75, 3.05) is 46.2 Å². The first-order valence-corrected chi connectivity index (χ1v) is 8.44. The topological polar surface area (TPSA) is 82.1 Å². The second-order valence-corrected chi connectivity index (χ2v) is 6.80. The third-order valence-electron chi connectivity index (χ3n) is 4.37. The molecule has 138 valence electrons. The molecule has 25 heavy (non-hydrogen) atoms. The summed E-state index contributed by atoms with van der Waals surface area (Å²) in [5, 5.41) is 13.5. The molecule has 2 N–H and O–H groups in total. The number of amides is 2. The maximum absolute atomic E-state index is 12.5. The van der Waals surface area contributed by atoms with E-state index in [0.29, 0.717) is 43.7 Å². The van der Waals surface area contributed by atoms with Crippen LogP contribution in [-0.2, 0) is 4.74 Å². The van der Waals surface area contributed by atoms with Crippen LogP contribution in [0.1, 0.15) is 29.6 Å². The molecule has 1 aromatic carbocycles. The number of anilines is 1. The largest absolute Gasteiger partial charge is 0.465 e. The van der Waals surface area contributed by atoms with E-state index in [1.165, 1.54) is 7.11 Å². The lowest BCUT2D eigenvalue weighted by Crippen LogP contribution is -2.42. The molecule has 0 spiro atoms. The smallest absolute Gasteiger partial charge is 0.337 e. The van der Waals surface area contributed by atoms with Crippen molar-refractivity contribution in [3.63, 3.8) is 0 Å². The van der Waals surface area contributed by atoms with Crippen molar-refractivity contribution in [2.24, 2.45) is 0 Å². The molecule has 1 fully saturated rings. The van der Waals surface area contributed by atoms with Gasteiger partial charge < -0.3 is 25.0 Å². The number of likely N-dealkylation sites (N-methyl/N-ethyl adjacent to an activating group) is 1. The fourth-order valence-corrected chi connectivity index (χ4v) is 3.14. The molecule has 1 heterocycles. The number of likely N-dealkylation sites (tertiary alicyclic amines) is 1. The standard InChI is InChI=1S/C18H27N3O4/c1-20(2)13-18(24)9-4-11-21(12-10-18)17(23)19-15-7-5-14(6-8-15)16(22)25-3/h5-8,24H,4,9-13H2,1-3H3,(H,19,23)/t18-/m1/s1. The second-order valence-electron chi connectivity index (χ2n) is 6.80. The maximum Gasteiger partial charge on any atom is 0.337 e. The van der Waals surface area contributed by atoms with Crippen molar-refractivity contribution in [2.45, 2.75) is 24.9 Å². The minimum absolute atomic E-state index is 0.195. The molecule has 1 aliphatic heterocycles. The van der Waals surface area contributed by atoms with Crippen LogP contribution < -0.4 is 5.32 Å². The summed E-state index contributed by atoms with van der Waals surface area (Å²) in [7, 11) is 5.20. The van der Waals surface area contributed by atoms with Crippen LogP contribution in [0.2, 0.25) is 0 Å². The van der Waals surface area contributed by atoms with Crippen LogP contribution in [-0.4, -0.2) is 73.3 Å². The van der Waals surface area contributed by atoms with Crippen molar-refractivity contribution in [3.8, 4) is 0 Å². The van der Waals surface area contributed by atoms with Gasteiger partial charge in [0.15, 0.2) is 0 Å². The molecule has 7 heteroatoms. The van der Waals surface area contributed by atoms with E-state index in [4.69, 9.17) is 0 Å². The lowest BCUT2D eigenvalue weighted by Gasteiger charge is -2.29. The van der Waals surface area contributed by atoms with Gasteiger partial charge in [0.25, 0.3) is 0 Å². The van der Waals surface area contributed by atoms with Crippen LogP contribution in [0.3, 0.4) is 0 Å². The zero-order valence-electron chi connectivity index (χ0n) is 15.1. The first-order chi connectivity index (χ1) is 11.8. The van der Waals surface area contributed by atoms with Gasteiger partial charge in [-0.3, -0.25) is 0 Å². The summed E-state index contributed by atoms with van der Waals surface area (Å²) >= 11 is 0. The van der Waals surface area contributed by atoms with Gasteiger partial charge in [-0.05, 0) is 57.6 Å². The van der Waals surface area contributed by atoms with Crippen molar-refractivity contribution in [1.29, 1.82) is 0 Å². The summed E-state index contributed by atoms with van der Waals surface area (Å²) in [6.45, 7) is 1.72. The Morgan fingerprint density at radius 1 is 1.24 bits per heavy atom. The number of urea groups is 1. The number of benzene rings is 1. The van der Waals surface area contributed by atoms with Crippen molar-refractivity contribution in [1.82, 2.24) is 9.80 Å². The molecule has 2 rings (SSSR count). The summed E-state index contributed by atoms with van der Waals surface area (Å²) in [6.07, 6.45) is 2.00. The van der Waals surface area contributed by atoms with E-state index < -0.39 is 11.6 Å². The lowest BCUT2D eigenvalue weighted by atomic mass is 9.94. The molecule has 0 saturated carbocycles. The third kappa shape index (κ3) is 5.44. The number of methoxy groups -OCH3 is 1. The number of nitrogens with zero attached hydrogens (tertiary/aromatic N) is 2. The maximum atomic E-state index is 12.5. The van der Waals surface area contributed by atoms with E-state index in [1.54, 1.807) is 29.2 Å². The molecule has 1 atom stereocenters. The molecule has 0 radical (unpaired) electrons. The number of hydrogen-bond acceptors (Lipinski definition) is 5. The van der Waals surface area contributed by atoms with E-state index in [1.807, 2.05) is 19.0 Å². The van der Waals surface area contributed by atoms with Crippen LogP contribution in [0.5, 0.6) is 0 Å². The molecule has 1 aromatic rings. The molecule has 0 aromatic heterocycles. The number of rotatable bonds is 4. The third-order valence-corrected chi connectivity index (χ3v) is 4.37. The van der Waals surface area contributed by atoms with Gasteiger partial charge >= 0.3 is 12.0 Å². The van der Waals surface area contributed by atoms with Gasteiger partial charge in [0.05, 0.1) is 18.3 Å². The Bertz CT molecular complexity index is 603. The van der Waals surface area contributed by atoms with Crippen LogP contribution in [0.25, 0.3) is 0 Å². The Morgan fingerprint density at radius 2 is 1.92 bits per heavy atom. The van der Waals surface area contributed by atoms with E-state index in [2.05, 4.69) is 10.1 Å². The average Bonchev–Trinajstić information content (AvgIpc) is 2.76. The predicted molar refractivity (Wildman–Crippen MR) is 95.7 cm³/mol. The summed E-state index contributed by atoms with van der Waals surface area (Å²) in [6, 6.07) is 6.37. The Balaban J connectivity index is 1.93. The molecule has 0 aliphatic carbocycles. The Kier molecular flexibility index (Phi) is 6.39. The van der Waals surface area contributed by atoms with Gasteiger partial charge in [-0.25, -0.2) is 9.59 Å². The normalized spacial score (nSPS) is 20.9. The first kappa shape index (κ1) is 19.2. The molecule has 1 aliphatic rings. The zero-order chi connectivity index (χ0) is 18.4. The quantitative estimate of drug-likeness (QED) is 0.810. The molecule has 1 saturated heterocycles. The van der Waals surface area contributed by atoms with Crippen molar-refractivity contribution >= 4 is 17.7 Å². The molecular weight excluding hydrogens is 322 g/mol. The van der Waals surface area contributed by atoms with Gasteiger partial charge in [0.1, 0.15) is 0 Å². The number of esters is 1. The number of carbonyl (C=O) groups is 2. The van der Waals surface area contributed by atoms with E-state index in [0.717, 1.165) is 6.42 Å². The predicted octanol–water partition coefficient (Wildman–Crippen LogP) is 1.78. The van der Waals surface area contributed by atoms with E-state index >= 15 is 0 Å². The lowest BCUT2D eigenvalue weighted by molar-refractivity contribution is 0.00360. The molecular formula is C18H27N3O4. The highest BCUT2D eigenvalue weighted by molar-refractivity contribution is 5.92. The highest BCUT2D eigenvalue weighted by atomic mass is 16.5. The van der Waals surface area contributed by atoms with Gasteiger partial charge in [0, 0.05) is 25.3 Å². The number of ether oxygens (including phenoxy) is 1. The van der Waals surface area contributed by atoms with Gasteiger partial charge in [-0.1, -0.05) is 0 Å². The summed E-state index contributed by atoms with van der Waals surface area (Å²) < 4.78 is 4.65. The Morgan fingerprint density at radius 3 is 2.52 bits per heavy atom. The number of aliphatic hydroxyl groups is 1. The number of hydrogen-bond donors (Lipinski definition) is 2.